The summed E-state index contributed by atoms with van der Waals surface area (Å²) in [7, 11) is 0. The minimum atomic E-state index is 0.313. The van der Waals surface area contributed by atoms with Crippen LogP contribution in [0.4, 0.5) is 0 Å². The Kier molecular flexibility index (Phi) is 5.38. The van der Waals surface area contributed by atoms with Gasteiger partial charge in [-0.1, -0.05) is 25.1 Å². The maximum atomic E-state index is 5.81. The monoisotopic (exact) mass is 256 g/mol. The standard InChI is InChI=1S/C16H20N2O/c1-2-18-15(12-14-8-10-17-11-9-14)13-19-16-6-4-3-5-7-16/h3-11,15,18H,2,12-13H2,1H3. The highest BCUT2D eigenvalue weighted by atomic mass is 16.5. The summed E-state index contributed by atoms with van der Waals surface area (Å²) in [5.41, 5.74) is 1.28. The molecule has 0 amide bonds. The van der Waals surface area contributed by atoms with Gasteiger partial charge in [0.2, 0.25) is 0 Å². The maximum absolute atomic E-state index is 5.81. The maximum Gasteiger partial charge on any atom is 0.119 e. The molecule has 0 fully saturated rings. The largest absolute Gasteiger partial charge is 0.492 e. The molecule has 100 valence electrons. The number of aromatic nitrogens is 1. The summed E-state index contributed by atoms with van der Waals surface area (Å²) in [6, 6.07) is 14.3. The van der Waals surface area contributed by atoms with E-state index >= 15 is 0 Å². The molecule has 1 aromatic heterocycles. The Morgan fingerprint density at radius 2 is 1.84 bits per heavy atom. The molecule has 0 radical (unpaired) electrons. The van der Waals surface area contributed by atoms with Crippen molar-refractivity contribution in [3.05, 3.63) is 60.4 Å². The number of hydrogen-bond acceptors (Lipinski definition) is 3. The molecule has 2 aromatic rings. The number of benzene rings is 1. The Bertz CT molecular complexity index is 459. The smallest absolute Gasteiger partial charge is 0.119 e. The highest BCUT2D eigenvalue weighted by Gasteiger charge is 2.09. The van der Waals surface area contributed by atoms with Crippen molar-refractivity contribution in [3.8, 4) is 5.75 Å². The van der Waals surface area contributed by atoms with Gasteiger partial charge in [-0.2, -0.15) is 0 Å². The van der Waals surface area contributed by atoms with Crippen LogP contribution in [-0.2, 0) is 6.42 Å². The van der Waals surface area contributed by atoms with Gasteiger partial charge in [0.1, 0.15) is 12.4 Å². The molecule has 3 nitrogen and oxygen atoms in total. The molecule has 0 aliphatic heterocycles. The first-order valence-electron chi connectivity index (χ1n) is 6.68. The van der Waals surface area contributed by atoms with Crippen molar-refractivity contribution in [2.75, 3.05) is 13.2 Å². The fourth-order valence-electron chi connectivity index (χ4n) is 2.00. The van der Waals surface area contributed by atoms with Gasteiger partial charge in [-0.3, -0.25) is 4.98 Å². The summed E-state index contributed by atoms with van der Waals surface area (Å²) in [4.78, 5) is 4.04. The third-order valence-electron chi connectivity index (χ3n) is 2.92. The first kappa shape index (κ1) is 13.6. The fraction of sp³-hybridized carbons (Fsp3) is 0.312. The van der Waals surface area contributed by atoms with Crippen LogP contribution in [0.25, 0.3) is 0 Å². The zero-order valence-corrected chi connectivity index (χ0v) is 11.3. The molecular weight excluding hydrogens is 236 g/mol. The summed E-state index contributed by atoms with van der Waals surface area (Å²) < 4.78 is 5.81. The molecule has 1 aromatic carbocycles. The molecule has 0 bridgehead atoms. The predicted octanol–water partition coefficient (Wildman–Crippen LogP) is 2.68. The molecule has 3 heteroatoms. The van der Waals surface area contributed by atoms with Gasteiger partial charge in [0.15, 0.2) is 0 Å². The second-order valence-electron chi connectivity index (χ2n) is 4.44. The van der Waals surface area contributed by atoms with Crippen molar-refractivity contribution in [1.82, 2.24) is 10.3 Å². The summed E-state index contributed by atoms with van der Waals surface area (Å²) in [5.74, 6) is 0.917. The van der Waals surface area contributed by atoms with Gasteiger partial charge in [0.05, 0.1) is 0 Å². The van der Waals surface area contributed by atoms with Crippen LogP contribution in [0, 0.1) is 0 Å². The van der Waals surface area contributed by atoms with Gasteiger partial charge in [-0.25, -0.2) is 0 Å². The number of nitrogens with zero attached hydrogens (tertiary/aromatic N) is 1. The lowest BCUT2D eigenvalue weighted by Crippen LogP contribution is -2.36. The molecule has 0 aliphatic rings. The van der Waals surface area contributed by atoms with E-state index < -0.39 is 0 Å². The van der Waals surface area contributed by atoms with Gasteiger partial charge < -0.3 is 10.1 Å². The second kappa shape index (κ2) is 7.54. The van der Waals surface area contributed by atoms with E-state index in [9.17, 15) is 0 Å². The molecule has 1 unspecified atom stereocenters. The van der Waals surface area contributed by atoms with Gasteiger partial charge in [0, 0.05) is 18.4 Å². The van der Waals surface area contributed by atoms with Crippen LogP contribution in [0.15, 0.2) is 54.9 Å². The van der Waals surface area contributed by atoms with Crippen molar-refractivity contribution in [3.63, 3.8) is 0 Å². The molecule has 1 N–H and O–H groups in total. The lowest BCUT2D eigenvalue weighted by atomic mass is 10.1. The van der Waals surface area contributed by atoms with E-state index in [0.717, 1.165) is 18.7 Å². The van der Waals surface area contributed by atoms with Crippen molar-refractivity contribution in [2.45, 2.75) is 19.4 Å². The number of hydrogen-bond donors (Lipinski definition) is 1. The number of para-hydroxylation sites is 1. The van der Waals surface area contributed by atoms with Gasteiger partial charge in [-0.15, -0.1) is 0 Å². The van der Waals surface area contributed by atoms with Crippen LogP contribution in [0.1, 0.15) is 12.5 Å². The fourth-order valence-corrected chi connectivity index (χ4v) is 2.00. The molecule has 1 heterocycles. The normalized spacial score (nSPS) is 12.1. The van der Waals surface area contributed by atoms with Crippen LogP contribution in [0.2, 0.25) is 0 Å². The second-order valence-corrected chi connectivity index (χ2v) is 4.44. The first-order chi connectivity index (χ1) is 9.38. The van der Waals surface area contributed by atoms with E-state index in [-0.39, 0.29) is 0 Å². The van der Waals surface area contributed by atoms with E-state index in [1.165, 1.54) is 5.56 Å². The molecule has 0 aliphatic carbocycles. The zero-order valence-electron chi connectivity index (χ0n) is 11.3. The van der Waals surface area contributed by atoms with E-state index in [1.807, 2.05) is 54.9 Å². The SMILES string of the molecule is CCNC(COc1ccccc1)Cc1ccncc1. The molecule has 1 atom stereocenters. The van der Waals surface area contributed by atoms with Crippen LogP contribution in [0.5, 0.6) is 5.75 Å². The number of pyridine rings is 1. The topological polar surface area (TPSA) is 34.1 Å². The molecule has 2 rings (SSSR count). The Balaban J connectivity index is 1.89. The minimum Gasteiger partial charge on any atom is -0.492 e. The Hall–Kier alpha value is -1.87. The Labute approximate surface area is 114 Å². The lowest BCUT2D eigenvalue weighted by Gasteiger charge is -2.18. The quantitative estimate of drug-likeness (QED) is 0.827. The summed E-state index contributed by atoms with van der Waals surface area (Å²) in [6.45, 7) is 3.72. The number of ether oxygens (including phenoxy) is 1. The third-order valence-corrected chi connectivity index (χ3v) is 2.92. The van der Waals surface area contributed by atoms with Crippen LogP contribution in [0.3, 0.4) is 0 Å². The molecule has 0 saturated carbocycles. The lowest BCUT2D eigenvalue weighted by molar-refractivity contribution is 0.265. The van der Waals surface area contributed by atoms with Crippen molar-refractivity contribution in [1.29, 1.82) is 0 Å². The number of rotatable bonds is 7. The van der Waals surface area contributed by atoms with Crippen LogP contribution < -0.4 is 10.1 Å². The molecular formula is C16H20N2O. The highest BCUT2D eigenvalue weighted by Crippen LogP contribution is 2.10. The average molecular weight is 256 g/mol. The van der Waals surface area contributed by atoms with Crippen molar-refractivity contribution in [2.24, 2.45) is 0 Å². The van der Waals surface area contributed by atoms with Gasteiger partial charge >= 0.3 is 0 Å². The van der Waals surface area contributed by atoms with E-state index in [0.29, 0.717) is 12.6 Å². The number of nitrogens with one attached hydrogen (secondary N) is 1. The Morgan fingerprint density at radius 1 is 1.11 bits per heavy atom. The molecule has 19 heavy (non-hydrogen) atoms. The van der Waals surface area contributed by atoms with Crippen molar-refractivity contribution < 1.29 is 4.74 Å². The minimum absolute atomic E-state index is 0.313. The van der Waals surface area contributed by atoms with Crippen molar-refractivity contribution >= 4 is 0 Å². The summed E-state index contributed by atoms with van der Waals surface area (Å²) in [6.07, 6.45) is 4.61. The third kappa shape index (κ3) is 4.72. The van der Waals surface area contributed by atoms with Crippen LogP contribution >= 0.6 is 0 Å². The number of likely N-dealkylation sites (N-methyl/N-ethyl adjacent to an activating group) is 1. The summed E-state index contributed by atoms with van der Waals surface area (Å²) >= 11 is 0. The Morgan fingerprint density at radius 3 is 2.53 bits per heavy atom. The van der Waals surface area contributed by atoms with Gasteiger partial charge in [0.25, 0.3) is 0 Å². The zero-order chi connectivity index (χ0) is 13.3. The molecule has 0 saturated heterocycles. The van der Waals surface area contributed by atoms with E-state index in [1.54, 1.807) is 0 Å². The van der Waals surface area contributed by atoms with E-state index in [2.05, 4.69) is 17.2 Å². The predicted molar refractivity (Wildman–Crippen MR) is 77.3 cm³/mol. The molecule has 0 spiro atoms. The first-order valence-corrected chi connectivity index (χ1v) is 6.68. The van der Waals surface area contributed by atoms with E-state index in [4.69, 9.17) is 4.74 Å². The highest BCUT2D eigenvalue weighted by molar-refractivity contribution is 5.21. The van der Waals surface area contributed by atoms with Crippen LogP contribution in [-0.4, -0.2) is 24.2 Å². The average Bonchev–Trinajstić information content (AvgIpc) is 2.47. The van der Waals surface area contributed by atoms with Gasteiger partial charge in [-0.05, 0) is 42.8 Å². The summed E-state index contributed by atoms with van der Waals surface area (Å²) in [5, 5.41) is 3.46.